The molecule has 3 rings (SSSR count). The van der Waals surface area contributed by atoms with E-state index in [1.807, 2.05) is 23.6 Å². The number of carbonyl (C=O) groups excluding carboxylic acids is 1. The van der Waals surface area contributed by atoms with Gasteiger partial charge in [0.1, 0.15) is 0 Å². The number of nitrogens with one attached hydrogen (secondary N) is 1. The Morgan fingerprint density at radius 1 is 1.29 bits per heavy atom. The second-order valence-corrected chi connectivity index (χ2v) is 7.87. The van der Waals surface area contributed by atoms with E-state index in [0.29, 0.717) is 33.8 Å². The van der Waals surface area contributed by atoms with Gasteiger partial charge in [-0.3, -0.25) is 14.9 Å². The number of aryl methyl sites for hydroxylation is 1. The molecule has 0 spiro atoms. The lowest BCUT2D eigenvalue weighted by Gasteiger charge is -2.11. The number of hydrogen-bond donors (Lipinski definition) is 1. The Hall–Kier alpha value is -3.11. The van der Waals surface area contributed by atoms with Crippen LogP contribution >= 0.6 is 23.4 Å². The number of amides is 1. The minimum Gasteiger partial charge on any atom is -0.490 e. The average molecular weight is 462 g/mol. The highest BCUT2D eigenvalue weighted by Gasteiger charge is 2.19. The van der Waals surface area contributed by atoms with Gasteiger partial charge in [0, 0.05) is 35.0 Å². The van der Waals surface area contributed by atoms with Gasteiger partial charge in [-0.25, -0.2) is 0 Å². The Balaban J connectivity index is 1.72. The summed E-state index contributed by atoms with van der Waals surface area (Å²) < 4.78 is 6.99. The zero-order valence-corrected chi connectivity index (χ0v) is 18.7. The Labute approximate surface area is 187 Å². The summed E-state index contributed by atoms with van der Waals surface area (Å²) in [6.07, 6.45) is 0. The molecule has 0 saturated heterocycles. The SMILES string of the molecule is CCn1c(SCC(=O)Nc2cc(OC)c([N+](=O)[O-])cc2C)nnc1-c1ccc(Cl)cc1. The summed E-state index contributed by atoms with van der Waals surface area (Å²) in [7, 11) is 1.34. The van der Waals surface area contributed by atoms with Crippen LogP contribution in [0.3, 0.4) is 0 Å². The smallest absolute Gasteiger partial charge is 0.311 e. The first-order valence-corrected chi connectivity index (χ1v) is 10.6. The zero-order chi connectivity index (χ0) is 22.5. The normalized spacial score (nSPS) is 10.7. The first-order chi connectivity index (χ1) is 14.8. The van der Waals surface area contributed by atoms with Gasteiger partial charge in [0.2, 0.25) is 5.91 Å². The van der Waals surface area contributed by atoms with Gasteiger partial charge in [0.25, 0.3) is 0 Å². The molecule has 0 aliphatic rings. The third-order valence-electron chi connectivity index (χ3n) is 4.46. The number of aromatic nitrogens is 3. The molecule has 2 aromatic carbocycles. The molecule has 9 nitrogen and oxygen atoms in total. The molecule has 1 heterocycles. The highest BCUT2D eigenvalue weighted by Crippen LogP contribution is 2.33. The number of nitrogens with zero attached hydrogens (tertiary/aromatic N) is 4. The van der Waals surface area contributed by atoms with Gasteiger partial charge in [0.05, 0.1) is 17.8 Å². The molecule has 0 unspecified atom stereocenters. The second-order valence-electron chi connectivity index (χ2n) is 6.49. The van der Waals surface area contributed by atoms with E-state index in [1.165, 1.54) is 31.0 Å². The summed E-state index contributed by atoms with van der Waals surface area (Å²) >= 11 is 7.20. The van der Waals surface area contributed by atoms with Crippen molar-refractivity contribution < 1.29 is 14.5 Å². The number of thioether (sulfide) groups is 1. The molecular formula is C20H20ClN5O4S. The fourth-order valence-corrected chi connectivity index (χ4v) is 3.85. The number of carbonyl (C=O) groups is 1. The Morgan fingerprint density at radius 2 is 2.00 bits per heavy atom. The van der Waals surface area contributed by atoms with Gasteiger partial charge >= 0.3 is 5.69 Å². The maximum Gasteiger partial charge on any atom is 0.311 e. The molecular weight excluding hydrogens is 442 g/mol. The summed E-state index contributed by atoms with van der Waals surface area (Å²) in [6.45, 7) is 4.29. The number of anilines is 1. The van der Waals surface area contributed by atoms with Gasteiger partial charge < -0.3 is 14.6 Å². The van der Waals surface area contributed by atoms with E-state index in [-0.39, 0.29) is 23.1 Å². The van der Waals surface area contributed by atoms with Crippen LogP contribution < -0.4 is 10.1 Å². The Bertz CT molecular complexity index is 1120. The maximum absolute atomic E-state index is 12.5. The van der Waals surface area contributed by atoms with Crippen molar-refractivity contribution in [2.24, 2.45) is 0 Å². The van der Waals surface area contributed by atoms with E-state index in [1.54, 1.807) is 19.1 Å². The summed E-state index contributed by atoms with van der Waals surface area (Å²) in [4.78, 5) is 23.1. The van der Waals surface area contributed by atoms with E-state index in [9.17, 15) is 14.9 Å². The topological polar surface area (TPSA) is 112 Å². The van der Waals surface area contributed by atoms with Crippen LogP contribution in [0.25, 0.3) is 11.4 Å². The van der Waals surface area contributed by atoms with Crippen LogP contribution in [0.1, 0.15) is 12.5 Å². The molecule has 162 valence electrons. The van der Waals surface area contributed by atoms with Crippen molar-refractivity contribution in [1.29, 1.82) is 0 Å². The lowest BCUT2D eigenvalue weighted by molar-refractivity contribution is -0.385. The van der Waals surface area contributed by atoms with Crippen molar-refractivity contribution in [3.63, 3.8) is 0 Å². The van der Waals surface area contributed by atoms with Crippen molar-refractivity contribution in [3.05, 3.63) is 57.1 Å². The molecule has 31 heavy (non-hydrogen) atoms. The van der Waals surface area contributed by atoms with Crippen molar-refractivity contribution in [1.82, 2.24) is 14.8 Å². The second kappa shape index (κ2) is 9.80. The number of rotatable bonds is 8. The summed E-state index contributed by atoms with van der Waals surface area (Å²) in [6, 6.07) is 10.1. The highest BCUT2D eigenvalue weighted by molar-refractivity contribution is 7.99. The third kappa shape index (κ3) is 5.15. The van der Waals surface area contributed by atoms with Crippen molar-refractivity contribution >= 4 is 40.6 Å². The monoisotopic (exact) mass is 461 g/mol. The molecule has 3 aromatic rings. The molecule has 0 aliphatic carbocycles. The van der Waals surface area contributed by atoms with Crippen LogP contribution in [0.4, 0.5) is 11.4 Å². The molecule has 11 heteroatoms. The van der Waals surface area contributed by atoms with Gasteiger partial charge in [-0.15, -0.1) is 10.2 Å². The van der Waals surface area contributed by atoms with E-state index in [4.69, 9.17) is 16.3 Å². The zero-order valence-electron chi connectivity index (χ0n) is 17.1. The van der Waals surface area contributed by atoms with Gasteiger partial charge in [-0.2, -0.15) is 0 Å². The number of halogens is 1. The molecule has 1 N–H and O–H groups in total. The molecule has 1 amide bonds. The maximum atomic E-state index is 12.5. The number of methoxy groups -OCH3 is 1. The first-order valence-electron chi connectivity index (χ1n) is 9.28. The lowest BCUT2D eigenvalue weighted by Crippen LogP contribution is -2.15. The van der Waals surface area contributed by atoms with E-state index in [2.05, 4.69) is 15.5 Å². The van der Waals surface area contributed by atoms with Gasteiger partial charge in [0.15, 0.2) is 16.7 Å². The fraction of sp³-hybridized carbons (Fsp3) is 0.250. The average Bonchev–Trinajstić information content (AvgIpc) is 3.16. The van der Waals surface area contributed by atoms with Crippen LogP contribution in [-0.2, 0) is 11.3 Å². The fourth-order valence-electron chi connectivity index (χ4n) is 2.92. The van der Waals surface area contributed by atoms with Crippen LogP contribution in [0.15, 0.2) is 41.6 Å². The van der Waals surface area contributed by atoms with Crippen LogP contribution in [0, 0.1) is 17.0 Å². The van der Waals surface area contributed by atoms with Crippen molar-refractivity contribution in [2.75, 3.05) is 18.2 Å². The Kier molecular flexibility index (Phi) is 7.13. The van der Waals surface area contributed by atoms with Gasteiger partial charge in [-0.05, 0) is 43.7 Å². The quantitative estimate of drug-likeness (QED) is 0.297. The standard InChI is InChI=1S/C20H20ClN5O4S/c1-4-25-19(13-5-7-14(21)8-6-13)23-24-20(25)31-11-18(27)22-15-10-17(30-3)16(26(28)29)9-12(15)2/h5-10H,4,11H2,1-3H3,(H,22,27). The van der Waals surface area contributed by atoms with Crippen molar-refractivity contribution in [3.8, 4) is 17.1 Å². The van der Waals surface area contributed by atoms with Crippen LogP contribution in [-0.4, -0.2) is 38.5 Å². The molecule has 0 radical (unpaired) electrons. The molecule has 0 aliphatic heterocycles. The van der Waals surface area contributed by atoms with Gasteiger partial charge in [-0.1, -0.05) is 23.4 Å². The third-order valence-corrected chi connectivity index (χ3v) is 5.68. The number of ether oxygens (including phenoxy) is 1. The number of nitro benzene ring substituents is 1. The number of hydrogen-bond acceptors (Lipinski definition) is 7. The predicted octanol–water partition coefficient (Wildman–Crippen LogP) is 4.57. The van der Waals surface area contributed by atoms with E-state index in [0.717, 1.165) is 5.56 Å². The van der Waals surface area contributed by atoms with E-state index < -0.39 is 4.92 Å². The Morgan fingerprint density at radius 3 is 2.61 bits per heavy atom. The number of nitro groups is 1. The largest absolute Gasteiger partial charge is 0.490 e. The highest BCUT2D eigenvalue weighted by atomic mass is 35.5. The van der Waals surface area contributed by atoms with E-state index >= 15 is 0 Å². The molecule has 0 fully saturated rings. The van der Waals surface area contributed by atoms with Crippen molar-refractivity contribution in [2.45, 2.75) is 25.5 Å². The van der Waals surface area contributed by atoms with Crippen LogP contribution in [0.5, 0.6) is 5.75 Å². The predicted molar refractivity (Wildman–Crippen MR) is 120 cm³/mol. The molecule has 1 aromatic heterocycles. The summed E-state index contributed by atoms with van der Waals surface area (Å²) in [5.41, 5.74) is 1.74. The minimum absolute atomic E-state index is 0.0804. The minimum atomic E-state index is -0.525. The number of benzene rings is 2. The molecule has 0 saturated carbocycles. The first kappa shape index (κ1) is 22.6. The lowest BCUT2D eigenvalue weighted by atomic mass is 10.1. The molecule has 0 atom stereocenters. The summed E-state index contributed by atoms with van der Waals surface area (Å²) in [5.74, 6) is 0.593. The molecule has 0 bridgehead atoms. The summed E-state index contributed by atoms with van der Waals surface area (Å²) in [5, 5.41) is 23.6. The van der Waals surface area contributed by atoms with Crippen LogP contribution in [0.2, 0.25) is 5.02 Å².